The van der Waals surface area contributed by atoms with Gasteiger partial charge in [0.25, 0.3) is 5.56 Å². The molecule has 0 aliphatic heterocycles. The maximum absolute atomic E-state index is 12.1. The summed E-state index contributed by atoms with van der Waals surface area (Å²) in [7, 11) is 0. The first-order valence-corrected chi connectivity index (χ1v) is 7.31. The van der Waals surface area contributed by atoms with Gasteiger partial charge in [0.2, 0.25) is 0 Å². The van der Waals surface area contributed by atoms with Crippen molar-refractivity contribution in [1.29, 1.82) is 5.26 Å². The minimum Gasteiger partial charge on any atom is -0.506 e. The van der Waals surface area contributed by atoms with Crippen LogP contribution in [0.5, 0.6) is 0 Å². The fourth-order valence-electron chi connectivity index (χ4n) is 2.06. The number of fused-ring (bicyclic) bond motifs is 1. The van der Waals surface area contributed by atoms with Crippen LogP contribution in [0.1, 0.15) is 10.6 Å². The summed E-state index contributed by atoms with van der Waals surface area (Å²) >= 11 is 1.21. The van der Waals surface area contributed by atoms with Crippen molar-refractivity contribution in [1.82, 2.24) is 4.98 Å². The Hall–Kier alpha value is -2.97. The van der Waals surface area contributed by atoms with Crippen LogP contribution in [-0.4, -0.2) is 10.1 Å². The first kappa shape index (κ1) is 14.0. The number of hydrogen-bond donors (Lipinski definition) is 1. The Morgan fingerprint density at radius 2 is 1.77 bits per heavy atom. The zero-order chi connectivity index (χ0) is 15.5. The summed E-state index contributed by atoms with van der Waals surface area (Å²) in [5, 5.41) is 20.4. The summed E-state index contributed by atoms with van der Waals surface area (Å²) in [5.74, 6) is -0.179. The monoisotopic (exact) mass is 306 g/mol. The Balaban J connectivity index is 2.25. The van der Waals surface area contributed by atoms with E-state index in [0.717, 1.165) is 4.70 Å². The average molecular weight is 306 g/mol. The fraction of sp³-hybridized carbons (Fsp3) is 0. The van der Waals surface area contributed by atoms with E-state index in [1.807, 2.05) is 18.2 Å². The molecule has 0 saturated carbocycles. The zero-order valence-corrected chi connectivity index (χ0v) is 12.2. The van der Waals surface area contributed by atoms with Crippen LogP contribution < -0.4 is 5.56 Å². The van der Waals surface area contributed by atoms with Crippen molar-refractivity contribution in [2.75, 3.05) is 0 Å². The third kappa shape index (κ3) is 2.48. The van der Waals surface area contributed by atoms with Crippen molar-refractivity contribution in [2.45, 2.75) is 0 Å². The summed E-state index contributed by atoms with van der Waals surface area (Å²) in [6, 6.07) is 17.7. The minimum absolute atomic E-state index is 0.000877. The lowest BCUT2D eigenvalue weighted by molar-refractivity contribution is 0.514. The van der Waals surface area contributed by atoms with Gasteiger partial charge in [-0.2, -0.15) is 10.2 Å². The molecule has 0 spiro atoms. The number of aromatic nitrogens is 1. The van der Waals surface area contributed by atoms with E-state index in [-0.39, 0.29) is 16.3 Å². The van der Waals surface area contributed by atoms with Crippen molar-refractivity contribution in [3.05, 3.63) is 75.5 Å². The Bertz CT molecular complexity index is 969. The molecule has 0 bridgehead atoms. The van der Waals surface area contributed by atoms with Crippen LogP contribution in [0.3, 0.4) is 0 Å². The summed E-state index contributed by atoms with van der Waals surface area (Å²) < 4.78 is 0.728. The molecule has 0 unspecified atom stereocenters. The molecule has 0 radical (unpaired) electrons. The number of aliphatic hydroxyl groups excluding tert-OH is 1. The average Bonchev–Trinajstić information content (AvgIpc) is 2.56. The second-order valence-corrected chi connectivity index (χ2v) is 5.55. The Labute approximate surface area is 130 Å². The molecule has 0 amide bonds. The van der Waals surface area contributed by atoms with Crippen molar-refractivity contribution in [3.8, 4) is 6.07 Å². The van der Waals surface area contributed by atoms with Gasteiger partial charge in [-0.05, 0) is 12.1 Å². The van der Waals surface area contributed by atoms with Crippen molar-refractivity contribution < 1.29 is 5.11 Å². The minimum atomic E-state index is -0.405. The topological polar surface area (TPSA) is 74.0 Å². The van der Waals surface area contributed by atoms with E-state index >= 15 is 0 Å². The van der Waals surface area contributed by atoms with Gasteiger partial charge < -0.3 is 5.11 Å². The van der Waals surface area contributed by atoms with Crippen LogP contribution in [0.4, 0.5) is 0 Å². The molecule has 0 saturated heterocycles. The third-order valence-corrected chi connectivity index (χ3v) is 4.20. The molecule has 1 heterocycles. The Morgan fingerprint density at radius 3 is 2.50 bits per heavy atom. The van der Waals surface area contributed by atoms with E-state index < -0.39 is 5.56 Å². The molecular formula is C17H10N2O2S. The largest absolute Gasteiger partial charge is 0.506 e. The number of allylic oxidation sites excluding steroid dienone is 1. The number of rotatable bonds is 2. The molecule has 0 fully saturated rings. The molecule has 0 aliphatic carbocycles. The summed E-state index contributed by atoms with van der Waals surface area (Å²) in [6.07, 6.45) is 0. The normalized spacial score (nSPS) is 11.8. The molecule has 22 heavy (non-hydrogen) atoms. The number of nitriles is 1. The van der Waals surface area contributed by atoms with Gasteiger partial charge in [-0.15, -0.1) is 11.3 Å². The molecule has 4 nitrogen and oxygen atoms in total. The lowest BCUT2D eigenvalue weighted by Crippen LogP contribution is -2.07. The molecule has 0 aliphatic rings. The number of nitrogens with zero attached hydrogens (tertiary/aromatic N) is 2. The molecule has 3 aromatic rings. The van der Waals surface area contributed by atoms with Crippen molar-refractivity contribution in [3.63, 3.8) is 0 Å². The van der Waals surface area contributed by atoms with E-state index in [0.29, 0.717) is 10.9 Å². The van der Waals surface area contributed by atoms with Gasteiger partial charge in [-0.25, -0.2) is 0 Å². The van der Waals surface area contributed by atoms with E-state index in [2.05, 4.69) is 4.98 Å². The Kier molecular flexibility index (Phi) is 3.69. The number of benzene rings is 2. The first-order chi connectivity index (χ1) is 10.7. The van der Waals surface area contributed by atoms with Gasteiger partial charge >= 0.3 is 0 Å². The highest BCUT2D eigenvalue weighted by Gasteiger charge is 2.14. The van der Waals surface area contributed by atoms with Crippen LogP contribution in [-0.2, 0) is 0 Å². The van der Waals surface area contributed by atoms with Crippen LogP contribution in [0.25, 0.3) is 21.4 Å². The summed E-state index contributed by atoms with van der Waals surface area (Å²) in [5.41, 5.74) is 0.102. The van der Waals surface area contributed by atoms with Crippen LogP contribution in [0.15, 0.2) is 59.4 Å². The van der Waals surface area contributed by atoms with E-state index in [9.17, 15) is 15.2 Å². The lowest BCUT2D eigenvalue weighted by Gasteiger charge is -2.04. The molecule has 5 heteroatoms. The molecule has 3 rings (SSSR count). The maximum Gasteiger partial charge on any atom is 0.279 e. The van der Waals surface area contributed by atoms with E-state index in [4.69, 9.17) is 0 Å². The van der Waals surface area contributed by atoms with Gasteiger partial charge in [0.1, 0.15) is 22.4 Å². The first-order valence-electron chi connectivity index (χ1n) is 6.49. The van der Waals surface area contributed by atoms with Crippen molar-refractivity contribution in [2.24, 2.45) is 0 Å². The molecule has 1 aromatic heterocycles. The molecular weight excluding hydrogens is 296 g/mol. The lowest BCUT2D eigenvalue weighted by atomic mass is 10.1. The Morgan fingerprint density at radius 1 is 1.09 bits per heavy atom. The fourth-order valence-corrected chi connectivity index (χ4v) is 3.05. The molecule has 1 N–H and O–H groups in total. The van der Waals surface area contributed by atoms with E-state index in [1.165, 1.54) is 11.3 Å². The van der Waals surface area contributed by atoms with Gasteiger partial charge in [-0.1, -0.05) is 42.5 Å². The highest BCUT2D eigenvalue weighted by molar-refractivity contribution is 7.19. The highest BCUT2D eigenvalue weighted by Crippen LogP contribution is 2.27. The molecule has 106 valence electrons. The second kappa shape index (κ2) is 5.80. The smallest absolute Gasteiger partial charge is 0.279 e. The third-order valence-electron chi connectivity index (χ3n) is 3.14. The van der Waals surface area contributed by atoms with Gasteiger partial charge in [0.15, 0.2) is 0 Å². The van der Waals surface area contributed by atoms with Gasteiger partial charge in [0.05, 0.1) is 5.39 Å². The summed E-state index contributed by atoms with van der Waals surface area (Å²) in [4.78, 5) is 16.0. The number of hydrogen-bond acceptors (Lipinski definition) is 5. The van der Waals surface area contributed by atoms with Gasteiger partial charge in [-0.3, -0.25) is 4.79 Å². The standard InChI is InChI=1S/C17H10N2O2S/c18-10-13(15(20)11-6-2-1-3-7-11)17-19-16(21)12-8-4-5-9-14(12)22-17/h1-9,20H/b15-13-. The summed E-state index contributed by atoms with van der Waals surface area (Å²) in [6.45, 7) is 0. The van der Waals surface area contributed by atoms with E-state index in [1.54, 1.807) is 42.5 Å². The SMILES string of the molecule is N#C/C(=C(/O)c1ccccc1)c1nc(=O)c2ccccc2s1. The van der Waals surface area contributed by atoms with Crippen molar-refractivity contribution >= 4 is 32.8 Å². The predicted molar refractivity (Wildman–Crippen MR) is 87.4 cm³/mol. The zero-order valence-electron chi connectivity index (χ0n) is 11.4. The quantitative estimate of drug-likeness (QED) is 0.580. The second-order valence-electron chi connectivity index (χ2n) is 4.52. The van der Waals surface area contributed by atoms with Gasteiger partial charge in [0, 0.05) is 10.3 Å². The number of aliphatic hydroxyl groups is 1. The predicted octanol–water partition coefficient (Wildman–Crippen LogP) is 3.61. The molecule has 2 aromatic carbocycles. The van der Waals surface area contributed by atoms with Crippen LogP contribution in [0.2, 0.25) is 0 Å². The molecule has 0 atom stereocenters. The highest BCUT2D eigenvalue weighted by atomic mass is 32.1. The van der Waals surface area contributed by atoms with Crippen LogP contribution >= 0.6 is 11.3 Å². The van der Waals surface area contributed by atoms with Crippen LogP contribution in [0, 0.1) is 11.3 Å². The maximum atomic E-state index is 12.1.